The highest BCUT2D eigenvalue weighted by Gasteiger charge is 2.24. The lowest BCUT2D eigenvalue weighted by atomic mass is 9.83. The van der Waals surface area contributed by atoms with Crippen LogP contribution in [-0.2, 0) is 9.53 Å². The summed E-state index contributed by atoms with van der Waals surface area (Å²) in [5.74, 6) is 0.552. The summed E-state index contributed by atoms with van der Waals surface area (Å²) in [6.45, 7) is 7.71. The van der Waals surface area contributed by atoms with Crippen LogP contribution in [-0.4, -0.2) is 12.1 Å². The molecule has 0 N–H and O–H groups in total. The van der Waals surface area contributed by atoms with Crippen LogP contribution < -0.4 is 0 Å². The Morgan fingerprint density at radius 3 is 1.82 bits per heavy atom. The Morgan fingerprint density at radius 1 is 0.821 bits per heavy atom. The highest BCUT2D eigenvalue weighted by atomic mass is 16.5. The summed E-state index contributed by atoms with van der Waals surface area (Å²) in [6.07, 6.45) is 26.0. The van der Waals surface area contributed by atoms with E-state index < -0.39 is 0 Å². The number of rotatable bonds is 17. The van der Waals surface area contributed by atoms with Gasteiger partial charge in [-0.25, -0.2) is 4.79 Å². The standard InChI is InChI=1S/C26H48O2/c1-4-5-6-7-8-9-10-11-12-13-14-15-16-17-19-24-20-18-21-25(22-24)28-26(27)23(2)3/h24-25H,2,4-22H2,1,3H3. The molecular weight excluding hydrogens is 344 g/mol. The Kier molecular flexibility index (Phi) is 15.4. The Labute approximate surface area is 175 Å². The average Bonchev–Trinajstić information content (AvgIpc) is 2.68. The van der Waals surface area contributed by atoms with Crippen molar-refractivity contribution >= 4 is 5.97 Å². The first-order valence-electron chi connectivity index (χ1n) is 12.5. The molecule has 0 aromatic rings. The minimum Gasteiger partial charge on any atom is -0.459 e. The van der Waals surface area contributed by atoms with Crippen LogP contribution in [0.25, 0.3) is 0 Å². The van der Waals surface area contributed by atoms with Crippen LogP contribution in [0.2, 0.25) is 0 Å². The lowest BCUT2D eigenvalue weighted by Crippen LogP contribution is -2.25. The molecule has 2 atom stereocenters. The maximum Gasteiger partial charge on any atom is 0.333 e. The van der Waals surface area contributed by atoms with E-state index >= 15 is 0 Å². The quantitative estimate of drug-likeness (QED) is 0.141. The van der Waals surface area contributed by atoms with Gasteiger partial charge in [0.25, 0.3) is 0 Å². The van der Waals surface area contributed by atoms with Gasteiger partial charge in [-0.05, 0) is 32.1 Å². The van der Waals surface area contributed by atoms with E-state index in [-0.39, 0.29) is 12.1 Å². The van der Waals surface area contributed by atoms with Crippen LogP contribution in [0.5, 0.6) is 0 Å². The van der Waals surface area contributed by atoms with E-state index in [2.05, 4.69) is 13.5 Å². The third kappa shape index (κ3) is 13.4. The zero-order valence-corrected chi connectivity index (χ0v) is 19.1. The van der Waals surface area contributed by atoms with Crippen molar-refractivity contribution in [2.24, 2.45) is 5.92 Å². The second-order valence-electron chi connectivity index (χ2n) is 9.23. The van der Waals surface area contributed by atoms with Gasteiger partial charge in [-0.15, -0.1) is 0 Å². The van der Waals surface area contributed by atoms with E-state index in [1.165, 1.54) is 109 Å². The van der Waals surface area contributed by atoms with Crippen LogP contribution in [0.15, 0.2) is 12.2 Å². The maximum absolute atomic E-state index is 11.7. The molecule has 2 heteroatoms. The van der Waals surface area contributed by atoms with Crippen molar-refractivity contribution in [3.05, 3.63) is 12.2 Å². The number of hydrogen-bond donors (Lipinski definition) is 0. The van der Waals surface area contributed by atoms with Crippen molar-refractivity contribution in [3.8, 4) is 0 Å². The van der Waals surface area contributed by atoms with Crippen LogP contribution in [0.1, 0.15) is 136 Å². The first-order valence-corrected chi connectivity index (χ1v) is 12.5. The first kappa shape index (κ1) is 25.2. The van der Waals surface area contributed by atoms with Crippen LogP contribution in [0.4, 0.5) is 0 Å². The van der Waals surface area contributed by atoms with Gasteiger partial charge in [-0.2, -0.15) is 0 Å². The summed E-state index contributed by atoms with van der Waals surface area (Å²) in [7, 11) is 0. The summed E-state index contributed by atoms with van der Waals surface area (Å²) in [5.41, 5.74) is 0.522. The second kappa shape index (κ2) is 17.1. The van der Waals surface area contributed by atoms with Crippen molar-refractivity contribution in [2.75, 3.05) is 0 Å². The molecule has 0 aromatic carbocycles. The lowest BCUT2D eigenvalue weighted by Gasteiger charge is -2.29. The molecule has 0 saturated heterocycles. The molecule has 28 heavy (non-hydrogen) atoms. The largest absolute Gasteiger partial charge is 0.459 e. The topological polar surface area (TPSA) is 26.3 Å². The predicted molar refractivity (Wildman–Crippen MR) is 122 cm³/mol. The predicted octanol–water partition coefficient (Wildman–Crippen LogP) is 8.54. The summed E-state index contributed by atoms with van der Waals surface area (Å²) in [5, 5.41) is 0. The second-order valence-corrected chi connectivity index (χ2v) is 9.23. The molecule has 1 rings (SSSR count). The van der Waals surface area contributed by atoms with Gasteiger partial charge in [0.2, 0.25) is 0 Å². The molecule has 1 saturated carbocycles. The van der Waals surface area contributed by atoms with Crippen molar-refractivity contribution in [1.29, 1.82) is 0 Å². The molecule has 0 radical (unpaired) electrons. The highest BCUT2D eigenvalue weighted by molar-refractivity contribution is 5.87. The smallest absolute Gasteiger partial charge is 0.333 e. The number of hydrogen-bond acceptors (Lipinski definition) is 2. The molecule has 0 aliphatic heterocycles. The molecule has 0 spiro atoms. The van der Waals surface area contributed by atoms with Gasteiger partial charge in [0.15, 0.2) is 0 Å². The monoisotopic (exact) mass is 392 g/mol. The van der Waals surface area contributed by atoms with Gasteiger partial charge < -0.3 is 4.74 Å². The summed E-state index contributed by atoms with van der Waals surface area (Å²) < 4.78 is 5.57. The van der Waals surface area contributed by atoms with Gasteiger partial charge in [-0.1, -0.05) is 116 Å². The van der Waals surface area contributed by atoms with Crippen molar-refractivity contribution < 1.29 is 9.53 Å². The van der Waals surface area contributed by atoms with Crippen molar-refractivity contribution in [2.45, 2.75) is 142 Å². The third-order valence-corrected chi connectivity index (χ3v) is 6.32. The normalized spacial score (nSPS) is 19.5. The average molecular weight is 393 g/mol. The number of esters is 1. The Morgan fingerprint density at radius 2 is 1.32 bits per heavy atom. The molecule has 164 valence electrons. The molecule has 1 aliphatic rings. The Balaban J connectivity index is 1.88. The van der Waals surface area contributed by atoms with Gasteiger partial charge >= 0.3 is 5.97 Å². The summed E-state index contributed by atoms with van der Waals surface area (Å²) in [6, 6.07) is 0. The number of unbranched alkanes of at least 4 members (excludes halogenated alkanes) is 13. The van der Waals surface area contributed by atoms with E-state index in [9.17, 15) is 4.79 Å². The maximum atomic E-state index is 11.7. The highest BCUT2D eigenvalue weighted by Crippen LogP contribution is 2.30. The fourth-order valence-electron chi connectivity index (χ4n) is 4.49. The van der Waals surface area contributed by atoms with E-state index in [1.807, 2.05) is 0 Å². The SMILES string of the molecule is C=C(C)C(=O)OC1CCCC(CCCCCCCCCCCCCCCC)C1. The minimum atomic E-state index is -0.206. The van der Waals surface area contributed by atoms with Crippen molar-refractivity contribution in [3.63, 3.8) is 0 Å². The van der Waals surface area contributed by atoms with Crippen molar-refractivity contribution in [1.82, 2.24) is 0 Å². The van der Waals surface area contributed by atoms with Crippen LogP contribution in [0.3, 0.4) is 0 Å². The molecule has 2 nitrogen and oxygen atoms in total. The van der Waals surface area contributed by atoms with E-state index in [4.69, 9.17) is 4.74 Å². The zero-order valence-electron chi connectivity index (χ0n) is 19.1. The summed E-state index contributed by atoms with van der Waals surface area (Å²) >= 11 is 0. The molecule has 0 amide bonds. The van der Waals surface area contributed by atoms with Gasteiger partial charge in [0.1, 0.15) is 6.10 Å². The molecular formula is C26H48O2. The third-order valence-electron chi connectivity index (χ3n) is 6.32. The number of ether oxygens (including phenoxy) is 1. The van der Waals surface area contributed by atoms with Crippen LogP contribution >= 0.6 is 0 Å². The molecule has 0 aromatic heterocycles. The van der Waals surface area contributed by atoms with Gasteiger partial charge in [-0.3, -0.25) is 0 Å². The Hall–Kier alpha value is -0.790. The fraction of sp³-hybridized carbons (Fsp3) is 0.885. The van der Waals surface area contributed by atoms with Crippen LogP contribution in [0, 0.1) is 5.92 Å². The number of carbonyl (C=O) groups excluding carboxylic acids is 1. The lowest BCUT2D eigenvalue weighted by molar-refractivity contribution is -0.146. The Bertz CT molecular complexity index is 401. The fourth-order valence-corrected chi connectivity index (χ4v) is 4.49. The molecule has 0 bridgehead atoms. The number of carbonyl (C=O) groups is 1. The van der Waals surface area contributed by atoms with E-state index in [0.717, 1.165) is 18.8 Å². The van der Waals surface area contributed by atoms with Gasteiger partial charge in [0.05, 0.1) is 0 Å². The van der Waals surface area contributed by atoms with Gasteiger partial charge in [0, 0.05) is 5.57 Å². The van der Waals surface area contributed by atoms with E-state index in [1.54, 1.807) is 6.92 Å². The van der Waals surface area contributed by atoms with E-state index in [0.29, 0.717) is 5.57 Å². The minimum absolute atomic E-state index is 0.134. The molecule has 1 aliphatic carbocycles. The molecule has 0 heterocycles. The molecule has 2 unspecified atom stereocenters. The summed E-state index contributed by atoms with van der Waals surface area (Å²) in [4.78, 5) is 11.7. The molecule has 1 fully saturated rings. The first-order chi connectivity index (χ1) is 13.6. The zero-order chi connectivity index (χ0) is 20.5.